The van der Waals surface area contributed by atoms with E-state index in [1.54, 1.807) is 0 Å². The molecule has 4 aromatic carbocycles. The Kier molecular flexibility index (Phi) is 8.69. The summed E-state index contributed by atoms with van der Waals surface area (Å²) in [4.78, 5) is 0. The number of hydrogen-bond acceptors (Lipinski definition) is 0. The summed E-state index contributed by atoms with van der Waals surface area (Å²) in [5.74, 6) is -45.8. The van der Waals surface area contributed by atoms with Gasteiger partial charge in [-0.15, -0.1) is 16.4 Å². The van der Waals surface area contributed by atoms with Crippen LogP contribution in [-0.4, -0.2) is 10.7 Å². The first-order valence-corrected chi connectivity index (χ1v) is 13.1. The van der Waals surface area contributed by atoms with Crippen molar-refractivity contribution in [2.24, 2.45) is 7.05 Å². The van der Waals surface area contributed by atoms with Crippen LogP contribution in [0.4, 0.5) is 65.9 Å². The van der Waals surface area contributed by atoms with E-state index in [0.29, 0.717) is 0 Å². The van der Waals surface area contributed by atoms with Gasteiger partial charge in [0.2, 0.25) is 0 Å². The molecule has 48 heavy (non-hydrogen) atoms. The van der Waals surface area contributed by atoms with Gasteiger partial charge in [-0.05, 0) is 23.3 Å². The smallest absolute Gasteiger partial charge is 0.200 e. The molecule has 0 unspecified atom stereocenters. The largest absolute Gasteiger partial charge is 0.351 e. The quantitative estimate of drug-likeness (QED) is 0.0765. The molecule has 0 aliphatic heterocycles. The molecule has 0 aliphatic carbocycles. The lowest BCUT2D eigenvalue weighted by molar-refractivity contribution is 0.380. The molecule has 0 radical (unpaired) electrons. The number of hydrogen-bond donors (Lipinski definition) is 0. The third-order valence-corrected chi connectivity index (χ3v) is 7.82. The Balaban J connectivity index is 2.28. The van der Waals surface area contributed by atoms with Crippen molar-refractivity contribution >= 4 is 28.1 Å². The summed E-state index contributed by atoms with van der Waals surface area (Å²) in [7, 11) is 1.23. The van der Waals surface area contributed by atoms with Crippen molar-refractivity contribution in [1.29, 1.82) is 0 Å². The maximum atomic E-state index is 15.9. The van der Waals surface area contributed by atoms with E-state index in [9.17, 15) is 39.5 Å². The SMILES string of the molecule is Cn1cccc1C(=C[B-](c1c(F)c(F)c(F)c(F)c1F)(c1c(F)c(F)c(F)c(F)c1F)c1c(F)c(F)c(F)c(F)c1F)c1ccccc1. The predicted molar refractivity (Wildman–Crippen MR) is 142 cm³/mol. The second-order valence-electron chi connectivity index (χ2n) is 10.3. The summed E-state index contributed by atoms with van der Waals surface area (Å²) in [5, 5.41) is 0. The number of halogens is 15. The van der Waals surface area contributed by atoms with E-state index in [1.165, 1.54) is 37.5 Å². The molecule has 0 saturated heterocycles. The molecule has 5 aromatic rings. The molecule has 0 aliphatic rings. The van der Waals surface area contributed by atoms with E-state index in [-0.39, 0.29) is 17.2 Å². The van der Waals surface area contributed by atoms with Crippen LogP contribution < -0.4 is 16.4 Å². The first kappa shape index (κ1) is 34.3. The summed E-state index contributed by atoms with van der Waals surface area (Å²) < 4.78 is 228. The highest BCUT2D eigenvalue weighted by atomic mass is 19.2. The average molecular weight is 694 g/mol. The fraction of sp³-hybridized carbons (Fsp3) is 0.0323. The topological polar surface area (TPSA) is 4.93 Å². The van der Waals surface area contributed by atoms with Crippen LogP contribution >= 0.6 is 0 Å². The number of rotatable bonds is 6. The van der Waals surface area contributed by atoms with Gasteiger partial charge in [0.1, 0.15) is 41.0 Å². The second kappa shape index (κ2) is 12.2. The van der Waals surface area contributed by atoms with Gasteiger partial charge in [-0.1, -0.05) is 30.3 Å². The van der Waals surface area contributed by atoms with E-state index < -0.39 is 115 Å². The van der Waals surface area contributed by atoms with Crippen molar-refractivity contribution in [2.45, 2.75) is 0 Å². The minimum atomic E-state index is -5.89. The van der Waals surface area contributed by atoms with Crippen molar-refractivity contribution in [3.8, 4) is 0 Å². The van der Waals surface area contributed by atoms with E-state index in [0.717, 1.165) is 22.8 Å². The molecule has 0 N–H and O–H groups in total. The van der Waals surface area contributed by atoms with Crippen LogP contribution in [-0.2, 0) is 7.05 Å². The van der Waals surface area contributed by atoms with Crippen LogP contribution in [0.3, 0.4) is 0 Å². The zero-order valence-electron chi connectivity index (χ0n) is 23.4. The lowest BCUT2D eigenvalue weighted by Crippen LogP contribution is -2.72. The lowest BCUT2D eigenvalue weighted by atomic mass is 9.14. The first-order valence-electron chi connectivity index (χ1n) is 13.1. The normalized spacial score (nSPS) is 12.3. The van der Waals surface area contributed by atoms with Gasteiger partial charge in [-0.3, -0.25) is 0 Å². The van der Waals surface area contributed by atoms with Gasteiger partial charge in [-0.2, -0.15) is 0 Å². The van der Waals surface area contributed by atoms with Crippen LogP contribution in [0.2, 0.25) is 0 Å². The Morgan fingerprint density at radius 1 is 0.438 bits per heavy atom. The Hall–Kier alpha value is -5.09. The first-order chi connectivity index (χ1) is 22.5. The Labute approximate surface area is 259 Å². The zero-order valence-corrected chi connectivity index (χ0v) is 23.4. The minimum absolute atomic E-state index is 0.0561. The van der Waals surface area contributed by atoms with Gasteiger partial charge in [0, 0.05) is 18.9 Å². The van der Waals surface area contributed by atoms with Gasteiger partial charge in [0.05, 0.1) is 0 Å². The van der Waals surface area contributed by atoms with Crippen LogP contribution in [0.5, 0.6) is 0 Å². The summed E-state index contributed by atoms with van der Waals surface area (Å²) in [6, 6.07) is 8.37. The molecule has 1 heterocycles. The number of benzene rings is 4. The molecule has 17 heteroatoms. The van der Waals surface area contributed by atoms with E-state index >= 15 is 26.3 Å². The van der Waals surface area contributed by atoms with Crippen molar-refractivity contribution in [2.75, 3.05) is 0 Å². The highest BCUT2D eigenvalue weighted by Crippen LogP contribution is 2.33. The Morgan fingerprint density at radius 2 is 0.750 bits per heavy atom. The fourth-order valence-corrected chi connectivity index (χ4v) is 5.69. The maximum Gasteiger partial charge on any atom is 0.200 e. The van der Waals surface area contributed by atoms with Gasteiger partial charge < -0.3 is 4.57 Å². The van der Waals surface area contributed by atoms with Crippen molar-refractivity contribution < 1.29 is 65.9 Å². The Morgan fingerprint density at radius 3 is 1.04 bits per heavy atom. The highest BCUT2D eigenvalue weighted by Gasteiger charge is 2.47. The Bertz CT molecular complexity index is 1900. The van der Waals surface area contributed by atoms with E-state index in [2.05, 4.69) is 0 Å². The molecule has 0 amide bonds. The molecule has 0 spiro atoms. The standard InChI is InChI=1S/C31H12BF15N/c1-48-9-5-8-13(48)12(11-6-3-2-4-7-11)10-32(14-17(33)23(39)29(45)24(40)18(14)34,15-19(35)25(41)30(46)26(42)20(15)36)16-21(37)27(43)31(47)28(44)22(16)38/h2-10H,1H3/q-1. The molecule has 1 aromatic heterocycles. The fourth-order valence-electron chi connectivity index (χ4n) is 5.69. The number of aryl methyl sites for hydroxylation is 1. The number of nitrogens with zero attached hydrogens (tertiary/aromatic N) is 1. The molecule has 0 bridgehead atoms. The van der Waals surface area contributed by atoms with Crippen LogP contribution in [0.15, 0.2) is 54.6 Å². The van der Waals surface area contributed by atoms with Gasteiger partial charge >= 0.3 is 0 Å². The summed E-state index contributed by atoms with van der Waals surface area (Å²) >= 11 is 0. The zero-order chi connectivity index (χ0) is 35.6. The van der Waals surface area contributed by atoms with Crippen LogP contribution in [0.25, 0.3) is 5.57 Å². The molecule has 0 saturated carbocycles. The molecule has 5 rings (SSSR count). The maximum absolute atomic E-state index is 15.9. The minimum Gasteiger partial charge on any atom is -0.351 e. The molecule has 1 nitrogen and oxygen atoms in total. The molecular weight excluding hydrogens is 682 g/mol. The molecule has 0 fully saturated rings. The molecule has 250 valence electrons. The van der Waals surface area contributed by atoms with Crippen LogP contribution in [0, 0.1) is 87.3 Å². The summed E-state index contributed by atoms with van der Waals surface area (Å²) in [6.07, 6.45) is -4.66. The third kappa shape index (κ3) is 4.85. The number of aromatic nitrogens is 1. The van der Waals surface area contributed by atoms with E-state index in [1.807, 2.05) is 0 Å². The molecule has 0 atom stereocenters. The molecular formula is C31H12BF15N-. The van der Waals surface area contributed by atoms with Crippen molar-refractivity contribution in [1.82, 2.24) is 4.57 Å². The summed E-state index contributed by atoms with van der Waals surface area (Å²) in [5.41, 5.74) is -9.42. The van der Waals surface area contributed by atoms with Crippen molar-refractivity contribution in [3.63, 3.8) is 0 Å². The van der Waals surface area contributed by atoms with Crippen LogP contribution in [0.1, 0.15) is 11.3 Å². The highest BCUT2D eigenvalue weighted by molar-refractivity contribution is 7.15. The van der Waals surface area contributed by atoms with Crippen molar-refractivity contribution in [3.05, 3.63) is 153 Å². The second-order valence-corrected chi connectivity index (χ2v) is 10.3. The average Bonchev–Trinajstić information content (AvgIpc) is 3.50. The van der Waals surface area contributed by atoms with E-state index in [4.69, 9.17) is 0 Å². The summed E-state index contributed by atoms with van der Waals surface area (Å²) in [6.45, 7) is 0. The monoisotopic (exact) mass is 694 g/mol. The van der Waals surface area contributed by atoms with Gasteiger partial charge in [0.15, 0.2) is 52.4 Å². The predicted octanol–water partition coefficient (Wildman–Crippen LogP) is 7.25. The van der Waals surface area contributed by atoms with Gasteiger partial charge in [-0.25, -0.2) is 71.8 Å². The lowest BCUT2D eigenvalue weighted by Gasteiger charge is -2.42. The third-order valence-electron chi connectivity index (χ3n) is 7.82. The van der Waals surface area contributed by atoms with Gasteiger partial charge in [0.25, 0.3) is 0 Å².